The van der Waals surface area contributed by atoms with Gasteiger partial charge in [-0.2, -0.15) is 0 Å². The van der Waals surface area contributed by atoms with Gasteiger partial charge in [0.05, 0.1) is 22.6 Å². The van der Waals surface area contributed by atoms with Crippen molar-refractivity contribution in [1.82, 2.24) is 9.80 Å². The monoisotopic (exact) mass is 453 g/mol. The zero-order valence-electron chi connectivity index (χ0n) is 19.0. The molecule has 1 N–H and O–H groups in total. The minimum absolute atomic E-state index is 0.0198. The third-order valence-electron chi connectivity index (χ3n) is 5.25. The van der Waals surface area contributed by atoms with Gasteiger partial charge in [0.25, 0.3) is 17.4 Å². The molecule has 9 heteroatoms. The standard InChI is InChI=1S/C24H27N3O6/c1-15(2)33-19-11-7-17(8-12-19)22(28)20-21(16-5-9-18(10-6-16)27(31)32)26(14-13-25(3)4)24(30)23(20)29/h5-12,15,21,28H,13-14H2,1-4H3/b22-20+/t21-/m0/s1. The molecule has 1 amide bonds. The van der Waals surface area contributed by atoms with Gasteiger partial charge in [-0.3, -0.25) is 19.7 Å². The predicted molar refractivity (Wildman–Crippen MR) is 123 cm³/mol. The SMILES string of the molecule is CC(C)Oc1ccc(/C(O)=C2\C(=O)C(=O)N(CCN(C)C)[C@H]2c2ccc([N+](=O)[O-])cc2)cc1. The Bertz CT molecular complexity index is 1070. The molecule has 2 aromatic carbocycles. The molecule has 3 rings (SSSR count). The molecule has 1 atom stereocenters. The van der Waals surface area contributed by atoms with Crippen LogP contribution in [-0.2, 0) is 9.59 Å². The van der Waals surface area contributed by atoms with Crippen LogP contribution >= 0.6 is 0 Å². The molecule has 9 nitrogen and oxygen atoms in total. The molecule has 0 saturated carbocycles. The van der Waals surface area contributed by atoms with Gasteiger partial charge in [-0.05, 0) is 69.9 Å². The Morgan fingerprint density at radius 1 is 1.12 bits per heavy atom. The Morgan fingerprint density at radius 2 is 1.73 bits per heavy atom. The minimum atomic E-state index is -0.864. The second kappa shape index (κ2) is 9.83. The Hall–Kier alpha value is -3.72. The van der Waals surface area contributed by atoms with Crippen LogP contribution < -0.4 is 4.74 Å². The van der Waals surface area contributed by atoms with E-state index in [1.807, 2.05) is 32.8 Å². The summed E-state index contributed by atoms with van der Waals surface area (Å²) < 4.78 is 5.62. The van der Waals surface area contributed by atoms with E-state index in [-0.39, 0.29) is 29.7 Å². The molecule has 0 radical (unpaired) electrons. The van der Waals surface area contributed by atoms with Gasteiger partial charge >= 0.3 is 0 Å². The summed E-state index contributed by atoms with van der Waals surface area (Å²) in [6.07, 6.45) is -0.0198. The lowest BCUT2D eigenvalue weighted by Gasteiger charge is -2.26. The normalized spacial score (nSPS) is 17.8. The number of nitro groups is 1. The molecule has 0 aromatic heterocycles. The average molecular weight is 453 g/mol. The number of amides is 1. The van der Waals surface area contributed by atoms with E-state index >= 15 is 0 Å². The van der Waals surface area contributed by atoms with E-state index in [0.717, 1.165) is 0 Å². The molecule has 1 saturated heterocycles. The minimum Gasteiger partial charge on any atom is -0.507 e. The van der Waals surface area contributed by atoms with Gasteiger partial charge in [-0.15, -0.1) is 0 Å². The number of benzene rings is 2. The average Bonchev–Trinajstić information content (AvgIpc) is 3.02. The fraction of sp³-hybridized carbons (Fsp3) is 0.333. The van der Waals surface area contributed by atoms with E-state index in [1.165, 1.54) is 29.2 Å². The van der Waals surface area contributed by atoms with E-state index in [2.05, 4.69) is 0 Å². The highest BCUT2D eigenvalue weighted by atomic mass is 16.6. The summed E-state index contributed by atoms with van der Waals surface area (Å²) >= 11 is 0. The van der Waals surface area contributed by atoms with Crippen LogP contribution in [0.1, 0.15) is 31.0 Å². The molecule has 33 heavy (non-hydrogen) atoms. The topological polar surface area (TPSA) is 113 Å². The number of carbonyl (C=O) groups is 2. The lowest BCUT2D eigenvalue weighted by atomic mass is 9.95. The summed E-state index contributed by atoms with van der Waals surface area (Å²) in [6.45, 7) is 4.54. The second-order valence-corrected chi connectivity index (χ2v) is 8.34. The van der Waals surface area contributed by atoms with Gasteiger partial charge in [0, 0.05) is 30.8 Å². The Labute approximate surface area is 192 Å². The number of non-ortho nitro benzene ring substituents is 1. The molecule has 174 valence electrons. The number of hydrogen-bond acceptors (Lipinski definition) is 7. The van der Waals surface area contributed by atoms with Crippen molar-refractivity contribution in [2.75, 3.05) is 27.2 Å². The Balaban J connectivity index is 2.08. The fourth-order valence-electron chi connectivity index (χ4n) is 3.66. The van der Waals surface area contributed by atoms with Crippen LogP contribution in [0.5, 0.6) is 5.75 Å². The number of nitro benzene ring substituents is 1. The van der Waals surface area contributed by atoms with Crippen LogP contribution in [0, 0.1) is 10.1 Å². The van der Waals surface area contributed by atoms with Gasteiger partial charge in [0.15, 0.2) is 0 Å². The van der Waals surface area contributed by atoms with Crippen LogP contribution in [0.15, 0.2) is 54.1 Å². The molecule has 1 aliphatic heterocycles. The van der Waals surface area contributed by atoms with Crippen LogP contribution in [0.25, 0.3) is 5.76 Å². The summed E-state index contributed by atoms with van der Waals surface area (Å²) in [5, 5.41) is 22.1. The number of likely N-dealkylation sites (N-methyl/N-ethyl adjacent to an activating group) is 1. The number of ketones is 1. The van der Waals surface area contributed by atoms with E-state index < -0.39 is 22.7 Å². The molecule has 2 aromatic rings. The van der Waals surface area contributed by atoms with Gasteiger partial charge in [0.1, 0.15) is 11.5 Å². The number of aliphatic hydroxyl groups excluding tert-OH is 1. The fourth-order valence-corrected chi connectivity index (χ4v) is 3.66. The first kappa shape index (κ1) is 23.9. The molecule has 0 spiro atoms. The molecular formula is C24H27N3O6. The number of Topliss-reactive ketones (excluding diaryl/α,β-unsaturated/α-hetero) is 1. The third-order valence-corrected chi connectivity index (χ3v) is 5.25. The summed E-state index contributed by atoms with van der Waals surface area (Å²) in [7, 11) is 3.69. The maximum absolute atomic E-state index is 13.0. The quantitative estimate of drug-likeness (QED) is 0.214. The number of hydrogen-bond donors (Lipinski definition) is 1. The van der Waals surface area contributed by atoms with Crippen molar-refractivity contribution in [2.45, 2.75) is 26.0 Å². The molecular weight excluding hydrogens is 426 g/mol. The molecule has 1 heterocycles. The van der Waals surface area contributed by atoms with Crippen molar-refractivity contribution in [1.29, 1.82) is 0 Å². The zero-order valence-corrected chi connectivity index (χ0v) is 19.0. The second-order valence-electron chi connectivity index (χ2n) is 8.34. The van der Waals surface area contributed by atoms with Crippen LogP contribution in [0.2, 0.25) is 0 Å². The summed E-state index contributed by atoms with van der Waals surface area (Å²) in [4.78, 5) is 39.7. The molecule has 1 aliphatic rings. The number of carbonyl (C=O) groups excluding carboxylic acids is 2. The third kappa shape index (κ3) is 5.20. The maximum Gasteiger partial charge on any atom is 0.295 e. The van der Waals surface area contributed by atoms with Gasteiger partial charge < -0.3 is 19.6 Å². The summed E-state index contributed by atoms with van der Waals surface area (Å²) in [5.74, 6) is -1.21. The number of ether oxygens (including phenoxy) is 1. The first-order chi connectivity index (χ1) is 15.6. The lowest BCUT2D eigenvalue weighted by Crippen LogP contribution is -2.35. The van der Waals surface area contributed by atoms with Crippen molar-refractivity contribution >= 4 is 23.1 Å². The highest BCUT2D eigenvalue weighted by Gasteiger charge is 2.46. The number of rotatable bonds is 8. The van der Waals surface area contributed by atoms with Crippen molar-refractivity contribution in [3.63, 3.8) is 0 Å². The largest absolute Gasteiger partial charge is 0.507 e. The summed E-state index contributed by atoms with van der Waals surface area (Å²) in [5.41, 5.74) is 0.707. The van der Waals surface area contributed by atoms with E-state index in [4.69, 9.17) is 4.74 Å². The van der Waals surface area contributed by atoms with Crippen molar-refractivity contribution in [3.8, 4) is 5.75 Å². The number of aliphatic hydroxyl groups is 1. The molecule has 0 bridgehead atoms. The number of nitrogens with zero attached hydrogens (tertiary/aromatic N) is 3. The van der Waals surface area contributed by atoms with Gasteiger partial charge in [-0.1, -0.05) is 0 Å². The van der Waals surface area contributed by atoms with Crippen molar-refractivity contribution in [2.24, 2.45) is 0 Å². The van der Waals surface area contributed by atoms with Crippen molar-refractivity contribution < 1.29 is 24.4 Å². The molecule has 0 unspecified atom stereocenters. The van der Waals surface area contributed by atoms with Crippen molar-refractivity contribution in [3.05, 3.63) is 75.3 Å². The van der Waals surface area contributed by atoms with Gasteiger partial charge in [-0.25, -0.2) is 0 Å². The van der Waals surface area contributed by atoms with Crippen LogP contribution in [0.4, 0.5) is 5.69 Å². The lowest BCUT2D eigenvalue weighted by molar-refractivity contribution is -0.384. The smallest absolute Gasteiger partial charge is 0.295 e. The Kier molecular flexibility index (Phi) is 7.13. The van der Waals surface area contributed by atoms with E-state index in [0.29, 0.717) is 23.4 Å². The number of likely N-dealkylation sites (tertiary alicyclic amines) is 1. The molecule has 0 aliphatic carbocycles. The van der Waals surface area contributed by atoms with E-state index in [9.17, 15) is 24.8 Å². The zero-order chi connectivity index (χ0) is 24.3. The molecule has 1 fully saturated rings. The predicted octanol–water partition coefficient (Wildman–Crippen LogP) is 3.37. The first-order valence-electron chi connectivity index (χ1n) is 10.5. The van der Waals surface area contributed by atoms with Gasteiger partial charge in [0.2, 0.25) is 0 Å². The first-order valence-corrected chi connectivity index (χ1v) is 10.5. The highest BCUT2D eigenvalue weighted by molar-refractivity contribution is 6.46. The Morgan fingerprint density at radius 3 is 2.24 bits per heavy atom. The maximum atomic E-state index is 13.0. The van der Waals surface area contributed by atoms with Crippen LogP contribution in [0.3, 0.4) is 0 Å². The summed E-state index contributed by atoms with van der Waals surface area (Å²) in [6, 6.07) is 11.4. The van der Waals surface area contributed by atoms with E-state index in [1.54, 1.807) is 24.3 Å². The highest BCUT2D eigenvalue weighted by Crippen LogP contribution is 2.39. The van der Waals surface area contributed by atoms with Crippen LogP contribution in [-0.4, -0.2) is 64.8 Å².